The van der Waals surface area contributed by atoms with Crippen LogP contribution in [0.2, 0.25) is 0 Å². The molecule has 0 spiro atoms. The molecule has 1 amide bonds. The van der Waals surface area contributed by atoms with Crippen LogP contribution in [-0.2, 0) is 21.2 Å². The first-order chi connectivity index (χ1) is 19.3. The zero-order valence-electron chi connectivity index (χ0n) is 22.2. The van der Waals surface area contributed by atoms with Crippen LogP contribution in [0.5, 0.6) is 0 Å². The molecule has 0 bridgehead atoms. The minimum absolute atomic E-state index is 0.231. The minimum atomic E-state index is -4.74. The second kappa shape index (κ2) is 11.3. The Morgan fingerprint density at radius 1 is 1.10 bits per heavy atom. The predicted octanol–water partition coefficient (Wildman–Crippen LogP) is 5.52. The molecule has 220 valence electrons. The first-order valence-corrected chi connectivity index (χ1v) is 15.8. The normalized spacial score (nSPS) is 20.6. The molecule has 3 atom stereocenters. The van der Waals surface area contributed by atoms with E-state index in [4.69, 9.17) is 0 Å². The second-order valence-electron chi connectivity index (χ2n) is 10.9. The van der Waals surface area contributed by atoms with Gasteiger partial charge in [-0.2, -0.15) is 17.9 Å². The third kappa shape index (κ3) is 6.26. The van der Waals surface area contributed by atoms with Crippen molar-refractivity contribution in [2.24, 2.45) is 11.8 Å². The molecule has 0 radical (unpaired) electrons. The summed E-state index contributed by atoms with van der Waals surface area (Å²) >= 11 is 1.18. The van der Waals surface area contributed by atoms with Crippen molar-refractivity contribution in [2.75, 3.05) is 0 Å². The predicted molar refractivity (Wildman–Crippen MR) is 148 cm³/mol. The Morgan fingerprint density at radius 2 is 1.80 bits per heavy atom. The highest BCUT2D eigenvalue weighted by molar-refractivity contribution is 7.89. The number of hydrogen-bond donors (Lipinski definition) is 3. The van der Waals surface area contributed by atoms with Crippen molar-refractivity contribution in [3.8, 4) is 10.4 Å². The molecule has 1 aromatic heterocycles. The van der Waals surface area contributed by atoms with Gasteiger partial charge in [0.25, 0.3) is 5.91 Å². The van der Waals surface area contributed by atoms with Crippen LogP contribution in [0, 0.1) is 11.8 Å². The van der Waals surface area contributed by atoms with E-state index >= 15 is 0 Å². The minimum Gasteiger partial charge on any atom is -0.481 e. The first kappa shape index (κ1) is 29.5. The number of carbonyl (C=O) groups excluding carboxylic acids is 1. The smallest absolute Gasteiger partial charge is 0.404 e. The molecule has 0 aliphatic heterocycles. The quantitative estimate of drug-likeness (QED) is 0.294. The average molecular weight is 610 g/mol. The average Bonchev–Trinajstić information content (AvgIpc) is 3.52. The monoisotopic (exact) mass is 609 g/mol. The van der Waals surface area contributed by atoms with Crippen molar-refractivity contribution in [1.29, 1.82) is 0 Å². The van der Waals surface area contributed by atoms with E-state index in [0.717, 1.165) is 26.2 Å². The summed E-state index contributed by atoms with van der Waals surface area (Å²) in [5.41, 5.74) is 1.35. The van der Waals surface area contributed by atoms with Crippen molar-refractivity contribution < 1.29 is 36.3 Å². The molecule has 2 fully saturated rings. The summed E-state index contributed by atoms with van der Waals surface area (Å²) in [4.78, 5) is 29.6. The van der Waals surface area contributed by atoms with Crippen LogP contribution in [-0.4, -0.2) is 48.6 Å². The fourth-order valence-electron chi connectivity index (χ4n) is 5.42. The molecular formula is C28H30F3N3O5S2. The third-order valence-electron chi connectivity index (χ3n) is 7.96. The van der Waals surface area contributed by atoms with Gasteiger partial charge in [-0.25, -0.2) is 13.4 Å². The van der Waals surface area contributed by atoms with Crippen LogP contribution < -0.4 is 10.0 Å². The van der Waals surface area contributed by atoms with Crippen molar-refractivity contribution in [3.05, 3.63) is 47.1 Å². The van der Waals surface area contributed by atoms with Gasteiger partial charge in [0.2, 0.25) is 10.0 Å². The molecule has 0 saturated heterocycles. The Morgan fingerprint density at radius 3 is 2.41 bits per heavy atom. The number of hydrogen-bond acceptors (Lipinski definition) is 6. The Labute approximate surface area is 239 Å². The number of rotatable bonds is 9. The molecule has 41 heavy (non-hydrogen) atoms. The fraction of sp³-hybridized carbons (Fsp3) is 0.464. The van der Waals surface area contributed by atoms with Crippen LogP contribution in [0.1, 0.15) is 60.9 Å². The van der Waals surface area contributed by atoms with E-state index in [1.807, 2.05) is 0 Å². The lowest BCUT2D eigenvalue weighted by molar-refractivity contribution is -0.147. The van der Waals surface area contributed by atoms with Crippen LogP contribution in [0.3, 0.4) is 0 Å². The summed E-state index contributed by atoms with van der Waals surface area (Å²) in [6.45, 7) is 0.748. The van der Waals surface area contributed by atoms with Crippen LogP contribution in [0.25, 0.3) is 21.2 Å². The summed E-state index contributed by atoms with van der Waals surface area (Å²) in [6.07, 6.45) is 0.509. The lowest BCUT2D eigenvalue weighted by Crippen LogP contribution is -2.43. The Hall–Kier alpha value is -3.03. The van der Waals surface area contributed by atoms with Crippen molar-refractivity contribution >= 4 is 44.0 Å². The molecular weight excluding hydrogens is 579 g/mol. The maximum absolute atomic E-state index is 13.2. The van der Waals surface area contributed by atoms with E-state index in [2.05, 4.69) is 10.3 Å². The van der Waals surface area contributed by atoms with Crippen LogP contribution >= 0.6 is 11.3 Å². The molecule has 0 unspecified atom stereocenters. The summed E-state index contributed by atoms with van der Waals surface area (Å²) in [6, 6.07) is 6.90. The molecule has 2 saturated carbocycles. The number of aromatic nitrogens is 1. The number of sulfonamides is 1. The number of thiazole rings is 1. The Balaban J connectivity index is 1.51. The van der Waals surface area contributed by atoms with Gasteiger partial charge in [-0.1, -0.05) is 49.6 Å². The largest absolute Gasteiger partial charge is 0.481 e. The van der Waals surface area contributed by atoms with Gasteiger partial charge >= 0.3 is 12.1 Å². The molecule has 3 N–H and O–H groups in total. The van der Waals surface area contributed by atoms with Gasteiger partial charge < -0.3 is 10.4 Å². The zero-order chi connectivity index (χ0) is 29.5. The zero-order valence-corrected chi connectivity index (χ0v) is 23.8. The first-order valence-electron chi connectivity index (χ1n) is 13.5. The van der Waals surface area contributed by atoms with Crippen molar-refractivity contribution in [1.82, 2.24) is 15.0 Å². The maximum Gasteiger partial charge on any atom is 0.404 e. The highest BCUT2D eigenvalue weighted by Gasteiger charge is 2.39. The summed E-state index contributed by atoms with van der Waals surface area (Å²) in [5.74, 6) is -1.34. The second-order valence-corrected chi connectivity index (χ2v) is 13.5. The van der Waals surface area contributed by atoms with Gasteiger partial charge in [-0.05, 0) is 50.0 Å². The SMILES string of the molecule is C[C@H](NS(=O)(=O)c1ccc(-c2sc(C(=O)N[C@@H]3CC[C@H](C(=O)O)C3)nc2CC2CCC2)c2ccccc12)C(F)(F)F. The molecule has 2 aromatic carbocycles. The fourth-order valence-corrected chi connectivity index (χ4v) is 7.90. The van der Waals surface area contributed by atoms with Crippen LogP contribution in [0.4, 0.5) is 13.2 Å². The number of alkyl halides is 3. The van der Waals surface area contributed by atoms with E-state index < -0.39 is 34.1 Å². The molecule has 2 aliphatic carbocycles. The number of carbonyl (C=O) groups is 2. The van der Waals surface area contributed by atoms with Gasteiger partial charge in [-0.3, -0.25) is 9.59 Å². The number of halogens is 3. The highest BCUT2D eigenvalue weighted by atomic mass is 32.2. The van der Waals surface area contributed by atoms with E-state index in [9.17, 15) is 36.3 Å². The van der Waals surface area contributed by atoms with Crippen LogP contribution in [0.15, 0.2) is 41.3 Å². The lowest BCUT2D eigenvalue weighted by Gasteiger charge is -2.24. The number of amides is 1. The highest BCUT2D eigenvalue weighted by Crippen LogP contribution is 2.41. The molecule has 8 nitrogen and oxygen atoms in total. The van der Waals surface area contributed by atoms with Gasteiger partial charge in [0.1, 0.15) is 6.04 Å². The number of nitrogens with one attached hydrogen (secondary N) is 2. The molecule has 2 aliphatic rings. The van der Waals surface area contributed by atoms with E-state index in [-0.39, 0.29) is 27.2 Å². The van der Waals surface area contributed by atoms with Gasteiger partial charge in [-0.15, -0.1) is 11.3 Å². The van der Waals surface area contributed by atoms with Gasteiger partial charge in [0.15, 0.2) is 5.01 Å². The standard InChI is InChI=1S/C28H30F3N3O5S2/c1-15(28(29,30)31)34-41(38,39)23-12-11-21(19-7-2-3-8-20(19)23)24-22(13-16-5-4-6-16)33-26(40-24)25(35)32-18-10-9-17(14-18)27(36)37/h2-3,7-8,11-12,15-18,34H,4-6,9-10,13-14H2,1H3,(H,32,35)(H,36,37)/t15-,17-,18+/m0/s1. The molecule has 13 heteroatoms. The van der Waals surface area contributed by atoms with E-state index in [0.29, 0.717) is 53.1 Å². The Kier molecular flexibility index (Phi) is 8.14. The summed E-state index contributed by atoms with van der Waals surface area (Å²) < 4.78 is 67.2. The summed E-state index contributed by atoms with van der Waals surface area (Å²) in [5, 5.41) is 13.2. The lowest BCUT2D eigenvalue weighted by atomic mass is 9.81. The summed E-state index contributed by atoms with van der Waals surface area (Å²) in [7, 11) is -4.51. The molecule has 5 rings (SSSR count). The molecule has 3 aromatic rings. The van der Waals surface area contributed by atoms with Gasteiger partial charge in [0, 0.05) is 17.0 Å². The third-order valence-corrected chi connectivity index (χ3v) is 10.7. The number of fused-ring (bicyclic) bond motifs is 1. The maximum atomic E-state index is 13.2. The van der Waals surface area contributed by atoms with E-state index in [1.54, 1.807) is 35.1 Å². The number of nitrogens with zero attached hydrogens (tertiary/aromatic N) is 1. The van der Waals surface area contributed by atoms with E-state index in [1.165, 1.54) is 17.4 Å². The van der Waals surface area contributed by atoms with Gasteiger partial charge in [0.05, 0.1) is 21.4 Å². The Bertz CT molecular complexity index is 1580. The number of carboxylic acids is 1. The topological polar surface area (TPSA) is 125 Å². The number of carboxylic acid groups (broad SMARTS) is 1. The van der Waals surface area contributed by atoms with Crippen molar-refractivity contribution in [3.63, 3.8) is 0 Å². The number of benzene rings is 2. The molecule has 1 heterocycles. The number of aliphatic carboxylic acids is 1. The van der Waals surface area contributed by atoms with Crippen molar-refractivity contribution in [2.45, 2.75) is 75.0 Å².